The standard InChI is InChI=1S/C24H24N4O7/c1-2-8-25-21(32)12-9-17(29)14(18(30)10-12)11-26-15-5-3-4-13-20(15)24(35)28(23(13)34)16-6-7-19(31)27-22(16)33/h3-5,11-12,16,26H,2,6-10H2,1H3,(H,25,32)(H,27,31,33). The Bertz CT molecular complexity index is 1180. The van der Waals surface area contributed by atoms with Gasteiger partial charge in [0.2, 0.25) is 17.7 Å². The van der Waals surface area contributed by atoms with Crippen LogP contribution in [0.15, 0.2) is 30.0 Å². The van der Waals surface area contributed by atoms with Crippen molar-refractivity contribution in [2.45, 2.75) is 45.1 Å². The smallest absolute Gasteiger partial charge is 0.264 e. The number of hydrogen-bond acceptors (Lipinski definition) is 8. The van der Waals surface area contributed by atoms with E-state index in [1.165, 1.54) is 24.4 Å². The molecule has 1 unspecified atom stereocenters. The number of hydrogen-bond donors (Lipinski definition) is 3. The maximum Gasteiger partial charge on any atom is 0.264 e. The Kier molecular flexibility index (Phi) is 6.59. The zero-order valence-corrected chi connectivity index (χ0v) is 19.0. The molecule has 5 amide bonds. The number of carbonyl (C=O) groups excluding carboxylic acids is 7. The van der Waals surface area contributed by atoms with Crippen LogP contribution in [-0.2, 0) is 24.0 Å². The van der Waals surface area contributed by atoms with Gasteiger partial charge in [0.15, 0.2) is 11.6 Å². The molecule has 1 saturated heterocycles. The highest BCUT2D eigenvalue weighted by Gasteiger charge is 2.45. The third-order valence-corrected chi connectivity index (χ3v) is 6.22. The van der Waals surface area contributed by atoms with Crippen LogP contribution < -0.4 is 16.0 Å². The highest BCUT2D eigenvalue weighted by molar-refractivity contribution is 6.26. The van der Waals surface area contributed by atoms with Crippen LogP contribution in [0.25, 0.3) is 0 Å². The number of Topliss-reactive ketones (excluding diaryl/α,β-unsaturated/α-hetero) is 2. The molecular formula is C24H24N4O7. The van der Waals surface area contributed by atoms with Crippen LogP contribution in [0.2, 0.25) is 0 Å². The van der Waals surface area contributed by atoms with Gasteiger partial charge in [-0.1, -0.05) is 13.0 Å². The van der Waals surface area contributed by atoms with Crippen LogP contribution >= 0.6 is 0 Å². The zero-order valence-electron chi connectivity index (χ0n) is 19.0. The summed E-state index contributed by atoms with van der Waals surface area (Å²) in [6.45, 7) is 2.36. The average molecular weight is 480 g/mol. The van der Waals surface area contributed by atoms with E-state index in [2.05, 4.69) is 16.0 Å². The summed E-state index contributed by atoms with van der Waals surface area (Å²) in [5.74, 6) is -4.61. The van der Waals surface area contributed by atoms with Crippen molar-refractivity contribution in [1.82, 2.24) is 15.5 Å². The maximum absolute atomic E-state index is 13.1. The fourth-order valence-corrected chi connectivity index (χ4v) is 4.42. The van der Waals surface area contributed by atoms with E-state index in [-0.39, 0.29) is 54.0 Å². The molecule has 11 heteroatoms. The van der Waals surface area contributed by atoms with Gasteiger partial charge in [-0.2, -0.15) is 0 Å². The van der Waals surface area contributed by atoms with Crippen molar-refractivity contribution in [1.29, 1.82) is 0 Å². The number of piperidine rings is 1. The van der Waals surface area contributed by atoms with Crippen LogP contribution in [0.1, 0.15) is 59.7 Å². The molecule has 2 heterocycles. The average Bonchev–Trinajstić information content (AvgIpc) is 3.07. The number of nitrogens with one attached hydrogen (secondary N) is 3. The van der Waals surface area contributed by atoms with Gasteiger partial charge in [0.05, 0.1) is 28.3 Å². The Hall–Kier alpha value is -4.15. The molecule has 1 aliphatic carbocycles. The molecule has 3 aliphatic rings. The fourth-order valence-electron chi connectivity index (χ4n) is 4.42. The monoisotopic (exact) mass is 480 g/mol. The lowest BCUT2D eigenvalue weighted by Gasteiger charge is -2.27. The van der Waals surface area contributed by atoms with Gasteiger partial charge >= 0.3 is 0 Å². The summed E-state index contributed by atoms with van der Waals surface area (Å²) < 4.78 is 0. The lowest BCUT2D eigenvalue weighted by atomic mass is 9.83. The molecule has 0 aromatic heterocycles. The van der Waals surface area contributed by atoms with Crippen LogP contribution in [0.4, 0.5) is 5.69 Å². The summed E-state index contributed by atoms with van der Waals surface area (Å²) in [6.07, 6.45) is 1.73. The molecule has 1 aromatic carbocycles. The zero-order chi connectivity index (χ0) is 25.3. The van der Waals surface area contributed by atoms with Crippen molar-refractivity contribution in [2.75, 3.05) is 11.9 Å². The van der Waals surface area contributed by atoms with Gasteiger partial charge in [-0.3, -0.25) is 43.8 Å². The molecule has 0 spiro atoms. The molecule has 0 radical (unpaired) electrons. The molecule has 182 valence electrons. The number of imide groups is 2. The Morgan fingerprint density at radius 3 is 2.46 bits per heavy atom. The number of carbonyl (C=O) groups is 7. The number of anilines is 1. The molecule has 11 nitrogen and oxygen atoms in total. The fraction of sp³-hybridized carbons (Fsp3) is 0.375. The van der Waals surface area contributed by atoms with Gasteiger partial charge < -0.3 is 10.6 Å². The van der Waals surface area contributed by atoms with E-state index in [1.54, 1.807) is 0 Å². The normalized spacial score (nSPS) is 22.2. The van der Waals surface area contributed by atoms with Crippen molar-refractivity contribution in [2.24, 2.45) is 5.92 Å². The molecule has 35 heavy (non-hydrogen) atoms. The summed E-state index contributed by atoms with van der Waals surface area (Å²) in [4.78, 5) is 87.9. The largest absolute Gasteiger partial charge is 0.360 e. The molecule has 0 bridgehead atoms. The van der Waals surface area contributed by atoms with Crippen molar-refractivity contribution in [3.63, 3.8) is 0 Å². The molecular weight excluding hydrogens is 456 g/mol. The number of benzene rings is 1. The molecule has 3 N–H and O–H groups in total. The summed E-state index contributed by atoms with van der Waals surface area (Å²) in [7, 11) is 0. The first-order valence-electron chi connectivity index (χ1n) is 11.4. The van der Waals surface area contributed by atoms with Crippen LogP contribution in [0.5, 0.6) is 0 Å². The minimum atomic E-state index is -1.11. The Morgan fingerprint density at radius 2 is 1.80 bits per heavy atom. The minimum Gasteiger partial charge on any atom is -0.360 e. The summed E-state index contributed by atoms with van der Waals surface area (Å²) in [5, 5.41) is 7.61. The number of ketones is 2. The second-order valence-electron chi connectivity index (χ2n) is 8.62. The number of nitrogens with zero attached hydrogens (tertiary/aromatic N) is 1. The van der Waals surface area contributed by atoms with Crippen molar-refractivity contribution in [3.8, 4) is 0 Å². The number of fused-ring (bicyclic) bond motifs is 1. The predicted molar refractivity (Wildman–Crippen MR) is 121 cm³/mol. The van der Waals surface area contributed by atoms with Crippen molar-refractivity contribution >= 4 is 46.8 Å². The Balaban J connectivity index is 1.53. The quantitative estimate of drug-likeness (QED) is 0.301. The van der Waals surface area contributed by atoms with E-state index in [1.807, 2.05) is 6.92 Å². The van der Waals surface area contributed by atoms with E-state index in [0.29, 0.717) is 6.54 Å². The van der Waals surface area contributed by atoms with Crippen molar-refractivity contribution < 1.29 is 33.6 Å². The number of allylic oxidation sites excluding steroid dienone is 1. The van der Waals surface area contributed by atoms with Gasteiger partial charge in [-0.05, 0) is 25.0 Å². The molecule has 1 atom stereocenters. The van der Waals surface area contributed by atoms with Gasteiger partial charge in [0, 0.05) is 32.0 Å². The van der Waals surface area contributed by atoms with Gasteiger partial charge in [-0.15, -0.1) is 0 Å². The van der Waals surface area contributed by atoms with E-state index in [0.717, 1.165) is 11.3 Å². The highest BCUT2D eigenvalue weighted by atomic mass is 16.2. The molecule has 2 aliphatic heterocycles. The lowest BCUT2D eigenvalue weighted by molar-refractivity contribution is -0.136. The first-order valence-corrected chi connectivity index (χ1v) is 11.4. The van der Waals surface area contributed by atoms with E-state index < -0.39 is 47.2 Å². The second-order valence-corrected chi connectivity index (χ2v) is 8.62. The third kappa shape index (κ3) is 4.48. The predicted octanol–water partition coefficient (Wildman–Crippen LogP) is 0.458. The second kappa shape index (κ2) is 9.61. The van der Waals surface area contributed by atoms with E-state index in [4.69, 9.17) is 0 Å². The van der Waals surface area contributed by atoms with E-state index >= 15 is 0 Å². The first kappa shape index (κ1) is 24.0. The lowest BCUT2D eigenvalue weighted by Crippen LogP contribution is -2.54. The molecule has 1 aromatic rings. The molecule has 4 rings (SSSR count). The van der Waals surface area contributed by atoms with Crippen molar-refractivity contribution in [3.05, 3.63) is 41.1 Å². The highest BCUT2D eigenvalue weighted by Crippen LogP contribution is 2.33. The Morgan fingerprint density at radius 1 is 1.09 bits per heavy atom. The molecule has 2 fully saturated rings. The van der Waals surface area contributed by atoms with Gasteiger partial charge in [0.1, 0.15) is 6.04 Å². The first-order chi connectivity index (χ1) is 16.7. The number of amides is 5. The van der Waals surface area contributed by atoms with Crippen LogP contribution in [0.3, 0.4) is 0 Å². The summed E-state index contributed by atoms with van der Waals surface area (Å²) >= 11 is 0. The van der Waals surface area contributed by atoms with E-state index in [9.17, 15) is 33.6 Å². The van der Waals surface area contributed by atoms with Gasteiger partial charge in [-0.25, -0.2) is 0 Å². The SMILES string of the molecule is CCCNC(=O)C1CC(=O)C(=CNc2cccc3c2C(=O)N(C2CCC(=O)NC2=O)C3=O)C(=O)C1. The molecule has 1 saturated carbocycles. The minimum absolute atomic E-state index is 0.00268. The number of rotatable bonds is 6. The van der Waals surface area contributed by atoms with Crippen LogP contribution in [0, 0.1) is 5.92 Å². The van der Waals surface area contributed by atoms with Gasteiger partial charge in [0.25, 0.3) is 11.8 Å². The topological polar surface area (TPSA) is 159 Å². The third-order valence-electron chi connectivity index (χ3n) is 6.22. The van der Waals surface area contributed by atoms with Crippen LogP contribution in [-0.4, -0.2) is 58.6 Å². The summed E-state index contributed by atoms with van der Waals surface area (Å²) in [6, 6.07) is 3.37. The summed E-state index contributed by atoms with van der Waals surface area (Å²) in [5.41, 5.74) is 0.135. The Labute approximate surface area is 200 Å². The maximum atomic E-state index is 13.1.